The van der Waals surface area contributed by atoms with Crippen molar-refractivity contribution < 1.29 is 0 Å². The minimum absolute atomic E-state index is 0.302. The fraction of sp³-hybridized carbons (Fsp3) is 0.294. The lowest BCUT2D eigenvalue weighted by atomic mass is 10.1. The fourth-order valence-electron chi connectivity index (χ4n) is 1.72. The zero-order valence-electron chi connectivity index (χ0n) is 12.1. The SMILES string of the molecule is CC.Cc1ccc(C(P)NCc2ccccc2)cc1. The Morgan fingerprint density at radius 3 is 2.11 bits per heavy atom. The molecule has 0 saturated heterocycles. The maximum atomic E-state index is 3.50. The van der Waals surface area contributed by atoms with E-state index in [4.69, 9.17) is 0 Å². The molecule has 2 rings (SSSR count). The van der Waals surface area contributed by atoms with Gasteiger partial charge in [-0.3, -0.25) is 0 Å². The Hall–Kier alpha value is -1.17. The highest BCUT2D eigenvalue weighted by atomic mass is 31.0. The van der Waals surface area contributed by atoms with Gasteiger partial charge >= 0.3 is 0 Å². The van der Waals surface area contributed by atoms with E-state index in [1.165, 1.54) is 16.7 Å². The Balaban J connectivity index is 0.000000861. The van der Waals surface area contributed by atoms with Crippen molar-refractivity contribution in [3.8, 4) is 0 Å². The first-order chi connectivity index (χ1) is 9.25. The van der Waals surface area contributed by atoms with E-state index >= 15 is 0 Å². The summed E-state index contributed by atoms with van der Waals surface area (Å²) in [6.45, 7) is 7.00. The van der Waals surface area contributed by atoms with Crippen LogP contribution in [0.25, 0.3) is 0 Å². The maximum absolute atomic E-state index is 3.50. The van der Waals surface area contributed by atoms with Crippen LogP contribution < -0.4 is 5.32 Å². The van der Waals surface area contributed by atoms with Crippen LogP contribution >= 0.6 is 9.24 Å². The standard InChI is InChI=1S/C15H18NP.C2H6/c1-12-7-9-14(10-8-12)15(17)16-11-13-5-3-2-4-6-13;1-2/h2-10,15-16H,11,17H2,1H3;1-2H3. The fourth-order valence-corrected chi connectivity index (χ4v) is 2.06. The van der Waals surface area contributed by atoms with Crippen LogP contribution in [0.15, 0.2) is 54.6 Å². The lowest BCUT2D eigenvalue weighted by molar-refractivity contribution is 0.677. The average Bonchev–Trinajstić information content (AvgIpc) is 2.49. The molecule has 2 aromatic rings. The Bertz CT molecular complexity index is 450. The van der Waals surface area contributed by atoms with E-state index in [1.807, 2.05) is 19.9 Å². The lowest BCUT2D eigenvalue weighted by Gasteiger charge is -2.14. The van der Waals surface area contributed by atoms with Crippen LogP contribution in [-0.2, 0) is 6.54 Å². The van der Waals surface area contributed by atoms with E-state index < -0.39 is 0 Å². The molecule has 0 amide bonds. The molecule has 1 N–H and O–H groups in total. The van der Waals surface area contributed by atoms with E-state index in [-0.39, 0.29) is 0 Å². The van der Waals surface area contributed by atoms with E-state index in [0.29, 0.717) is 5.78 Å². The summed E-state index contributed by atoms with van der Waals surface area (Å²) in [4.78, 5) is 0. The van der Waals surface area contributed by atoms with Crippen molar-refractivity contribution in [2.24, 2.45) is 0 Å². The van der Waals surface area contributed by atoms with Gasteiger partial charge in [0.25, 0.3) is 0 Å². The van der Waals surface area contributed by atoms with Crippen LogP contribution in [0.4, 0.5) is 0 Å². The first-order valence-electron chi connectivity index (χ1n) is 6.85. The van der Waals surface area contributed by atoms with Crippen molar-refractivity contribution in [3.63, 3.8) is 0 Å². The van der Waals surface area contributed by atoms with Gasteiger partial charge in [0.15, 0.2) is 0 Å². The lowest BCUT2D eigenvalue weighted by Crippen LogP contribution is -2.15. The molecule has 102 valence electrons. The van der Waals surface area contributed by atoms with Gasteiger partial charge in [-0.15, -0.1) is 9.24 Å². The minimum atomic E-state index is 0.302. The van der Waals surface area contributed by atoms with Crippen molar-refractivity contribution in [1.82, 2.24) is 5.32 Å². The molecule has 0 fully saturated rings. The van der Waals surface area contributed by atoms with Gasteiger partial charge < -0.3 is 5.32 Å². The van der Waals surface area contributed by atoms with Crippen molar-refractivity contribution in [1.29, 1.82) is 0 Å². The molecule has 0 aliphatic rings. The van der Waals surface area contributed by atoms with Crippen molar-refractivity contribution in [2.45, 2.75) is 33.1 Å². The molecule has 0 bridgehead atoms. The summed E-state index contributed by atoms with van der Waals surface area (Å²) < 4.78 is 0. The van der Waals surface area contributed by atoms with Crippen molar-refractivity contribution in [2.75, 3.05) is 0 Å². The Kier molecular flexibility index (Phi) is 7.40. The zero-order valence-corrected chi connectivity index (χ0v) is 13.2. The topological polar surface area (TPSA) is 12.0 Å². The van der Waals surface area contributed by atoms with Crippen molar-refractivity contribution in [3.05, 3.63) is 71.3 Å². The van der Waals surface area contributed by atoms with Gasteiger partial charge in [0, 0.05) is 12.3 Å². The predicted octanol–water partition coefficient (Wildman–Crippen LogP) is 4.68. The summed E-state index contributed by atoms with van der Waals surface area (Å²) in [5.74, 6) is 0.302. The van der Waals surface area contributed by atoms with Gasteiger partial charge in [-0.05, 0) is 18.1 Å². The minimum Gasteiger partial charge on any atom is -0.303 e. The number of hydrogen-bond acceptors (Lipinski definition) is 1. The molecule has 2 unspecified atom stereocenters. The van der Waals surface area contributed by atoms with Crippen LogP contribution in [0.5, 0.6) is 0 Å². The smallest absolute Gasteiger partial charge is 0.0466 e. The van der Waals surface area contributed by atoms with Gasteiger partial charge in [-0.2, -0.15) is 0 Å². The van der Waals surface area contributed by atoms with E-state index in [9.17, 15) is 0 Å². The quantitative estimate of drug-likeness (QED) is 0.797. The molecule has 0 saturated carbocycles. The summed E-state index contributed by atoms with van der Waals surface area (Å²) in [5.41, 5.74) is 3.91. The highest BCUT2D eigenvalue weighted by Gasteiger charge is 2.03. The van der Waals surface area contributed by atoms with Gasteiger partial charge in [-0.25, -0.2) is 0 Å². The third-order valence-corrected chi connectivity index (χ3v) is 3.43. The van der Waals surface area contributed by atoms with Gasteiger partial charge in [-0.1, -0.05) is 74.0 Å². The first kappa shape index (κ1) is 15.9. The molecule has 2 aromatic carbocycles. The Morgan fingerprint density at radius 2 is 1.53 bits per heavy atom. The summed E-state index contributed by atoms with van der Waals surface area (Å²) in [5, 5.41) is 3.50. The highest BCUT2D eigenvalue weighted by molar-refractivity contribution is 7.17. The second-order valence-electron chi connectivity index (χ2n) is 4.25. The van der Waals surface area contributed by atoms with E-state index in [1.54, 1.807) is 0 Å². The number of benzene rings is 2. The third kappa shape index (κ3) is 5.55. The molecule has 0 aliphatic heterocycles. The molecule has 0 radical (unpaired) electrons. The van der Waals surface area contributed by atoms with Crippen LogP contribution in [0.3, 0.4) is 0 Å². The Labute approximate surface area is 119 Å². The summed E-state index contributed by atoms with van der Waals surface area (Å²) in [6.07, 6.45) is 0. The number of nitrogens with one attached hydrogen (secondary N) is 1. The average molecular weight is 273 g/mol. The Morgan fingerprint density at radius 1 is 0.947 bits per heavy atom. The summed E-state index contributed by atoms with van der Waals surface area (Å²) in [6, 6.07) is 19.1. The molecular formula is C17H24NP. The summed E-state index contributed by atoms with van der Waals surface area (Å²) >= 11 is 0. The van der Waals surface area contributed by atoms with Crippen LogP contribution in [-0.4, -0.2) is 0 Å². The maximum Gasteiger partial charge on any atom is 0.0466 e. The van der Waals surface area contributed by atoms with E-state index in [2.05, 4.69) is 70.0 Å². The van der Waals surface area contributed by atoms with Crippen LogP contribution in [0.1, 0.15) is 36.3 Å². The number of hydrogen-bond donors (Lipinski definition) is 1. The van der Waals surface area contributed by atoms with Gasteiger partial charge in [0.05, 0.1) is 0 Å². The largest absolute Gasteiger partial charge is 0.303 e. The highest BCUT2D eigenvalue weighted by Crippen LogP contribution is 2.20. The first-order valence-corrected chi connectivity index (χ1v) is 7.52. The van der Waals surface area contributed by atoms with Crippen LogP contribution in [0, 0.1) is 6.92 Å². The third-order valence-electron chi connectivity index (χ3n) is 2.81. The number of rotatable bonds is 4. The normalized spacial score (nSPS) is 11.4. The molecule has 2 heteroatoms. The molecule has 0 aromatic heterocycles. The van der Waals surface area contributed by atoms with Crippen LogP contribution in [0.2, 0.25) is 0 Å². The number of aryl methyl sites for hydroxylation is 1. The molecule has 0 aliphatic carbocycles. The molecule has 0 spiro atoms. The molecular weight excluding hydrogens is 249 g/mol. The van der Waals surface area contributed by atoms with E-state index in [0.717, 1.165) is 6.54 Å². The van der Waals surface area contributed by atoms with Crippen molar-refractivity contribution >= 4 is 9.24 Å². The molecule has 0 heterocycles. The monoisotopic (exact) mass is 273 g/mol. The summed E-state index contributed by atoms with van der Waals surface area (Å²) in [7, 11) is 2.85. The van der Waals surface area contributed by atoms with Gasteiger partial charge in [0.2, 0.25) is 0 Å². The second-order valence-corrected chi connectivity index (χ2v) is 4.92. The van der Waals surface area contributed by atoms with Gasteiger partial charge in [0.1, 0.15) is 0 Å². The molecule has 2 atom stereocenters. The predicted molar refractivity (Wildman–Crippen MR) is 88.3 cm³/mol. The molecule has 19 heavy (non-hydrogen) atoms. The zero-order chi connectivity index (χ0) is 14.1. The molecule has 1 nitrogen and oxygen atoms in total. The second kappa shape index (κ2) is 8.85.